The van der Waals surface area contributed by atoms with Crippen LogP contribution in [0, 0.1) is 0 Å². The van der Waals surface area contributed by atoms with Gasteiger partial charge in [0.2, 0.25) is 0 Å². The van der Waals surface area contributed by atoms with Crippen LogP contribution in [0.2, 0.25) is 0 Å². The van der Waals surface area contributed by atoms with Gasteiger partial charge >= 0.3 is 5.97 Å². The summed E-state index contributed by atoms with van der Waals surface area (Å²) in [6.07, 6.45) is 0. The quantitative estimate of drug-likeness (QED) is 0.805. The molecule has 0 amide bonds. The van der Waals surface area contributed by atoms with Crippen molar-refractivity contribution in [1.82, 2.24) is 0 Å². The number of aliphatic hydroxyl groups is 1. The van der Waals surface area contributed by atoms with Gasteiger partial charge in [-0.25, -0.2) is 4.79 Å². The molecule has 4 nitrogen and oxygen atoms in total. The van der Waals surface area contributed by atoms with Crippen molar-refractivity contribution in [2.75, 3.05) is 6.61 Å². The average molecular weight is 220 g/mol. The molecule has 0 saturated carbocycles. The predicted molar refractivity (Wildman–Crippen MR) is 58.1 cm³/mol. The predicted octanol–water partition coefficient (Wildman–Crippen LogP) is 2.10. The minimum absolute atomic E-state index is 0.149. The van der Waals surface area contributed by atoms with Crippen molar-refractivity contribution < 1.29 is 19.1 Å². The van der Waals surface area contributed by atoms with Crippen molar-refractivity contribution in [3.05, 3.63) is 35.6 Å². The van der Waals surface area contributed by atoms with Crippen LogP contribution >= 0.6 is 0 Å². The highest BCUT2D eigenvalue weighted by Crippen LogP contribution is 2.21. The van der Waals surface area contributed by atoms with E-state index in [2.05, 4.69) is 0 Å². The Labute approximate surface area is 92.4 Å². The second-order valence-corrected chi connectivity index (χ2v) is 3.34. The minimum Gasteiger partial charge on any atom is -0.462 e. The lowest BCUT2D eigenvalue weighted by atomic mass is 10.1. The molecule has 0 spiro atoms. The van der Waals surface area contributed by atoms with Crippen LogP contribution in [-0.4, -0.2) is 17.7 Å². The molecule has 2 aromatic rings. The summed E-state index contributed by atoms with van der Waals surface area (Å²) in [5.41, 5.74) is 1.14. The van der Waals surface area contributed by atoms with E-state index >= 15 is 0 Å². The SMILES string of the molecule is CCOC(=O)c1ccc2oc(CO)cc2c1. The zero-order valence-electron chi connectivity index (χ0n) is 8.90. The fourth-order valence-corrected chi connectivity index (χ4v) is 1.52. The van der Waals surface area contributed by atoms with Crippen LogP contribution in [0.1, 0.15) is 23.0 Å². The van der Waals surface area contributed by atoms with E-state index in [4.69, 9.17) is 14.3 Å². The topological polar surface area (TPSA) is 59.7 Å². The molecule has 0 fully saturated rings. The lowest BCUT2D eigenvalue weighted by molar-refractivity contribution is 0.0526. The summed E-state index contributed by atoms with van der Waals surface area (Å²) in [5, 5.41) is 9.70. The van der Waals surface area contributed by atoms with Gasteiger partial charge in [0.05, 0.1) is 12.2 Å². The molecule has 0 aliphatic heterocycles. The number of carbonyl (C=O) groups excluding carboxylic acids is 1. The average Bonchev–Trinajstić information content (AvgIpc) is 2.70. The molecule has 1 aromatic heterocycles. The second kappa shape index (κ2) is 4.37. The fraction of sp³-hybridized carbons (Fsp3) is 0.250. The molecule has 1 heterocycles. The van der Waals surface area contributed by atoms with Gasteiger partial charge in [0.25, 0.3) is 0 Å². The van der Waals surface area contributed by atoms with Crippen molar-refractivity contribution in [3.8, 4) is 0 Å². The van der Waals surface area contributed by atoms with Gasteiger partial charge in [0.15, 0.2) is 0 Å². The van der Waals surface area contributed by atoms with E-state index in [-0.39, 0.29) is 12.6 Å². The van der Waals surface area contributed by atoms with Gasteiger partial charge in [0, 0.05) is 5.39 Å². The molecule has 0 unspecified atom stereocenters. The Morgan fingerprint density at radius 2 is 2.25 bits per heavy atom. The van der Waals surface area contributed by atoms with Crippen molar-refractivity contribution in [1.29, 1.82) is 0 Å². The highest BCUT2D eigenvalue weighted by molar-refractivity contribution is 5.94. The number of esters is 1. The third-order valence-corrected chi connectivity index (χ3v) is 2.23. The second-order valence-electron chi connectivity index (χ2n) is 3.34. The summed E-state index contributed by atoms with van der Waals surface area (Å²) >= 11 is 0. The van der Waals surface area contributed by atoms with E-state index in [0.717, 1.165) is 5.39 Å². The van der Waals surface area contributed by atoms with Gasteiger partial charge in [-0.05, 0) is 31.2 Å². The first-order valence-corrected chi connectivity index (χ1v) is 5.05. The Hall–Kier alpha value is -1.81. The molecule has 1 aromatic carbocycles. The normalized spacial score (nSPS) is 10.6. The molecule has 0 aliphatic rings. The molecule has 2 rings (SSSR count). The van der Waals surface area contributed by atoms with Crippen LogP contribution in [0.15, 0.2) is 28.7 Å². The van der Waals surface area contributed by atoms with Gasteiger partial charge in [-0.3, -0.25) is 0 Å². The number of rotatable bonds is 3. The molecule has 0 bridgehead atoms. The van der Waals surface area contributed by atoms with Crippen LogP contribution in [0.5, 0.6) is 0 Å². The van der Waals surface area contributed by atoms with E-state index < -0.39 is 0 Å². The molecule has 16 heavy (non-hydrogen) atoms. The first-order valence-electron chi connectivity index (χ1n) is 5.05. The Balaban J connectivity index is 2.39. The summed E-state index contributed by atoms with van der Waals surface area (Å²) < 4.78 is 10.2. The molecular formula is C12H12O4. The number of fused-ring (bicyclic) bond motifs is 1. The monoisotopic (exact) mass is 220 g/mol. The molecule has 0 saturated heterocycles. The fourth-order valence-electron chi connectivity index (χ4n) is 1.52. The van der Waals surface area contributed by atoms with Gasteiger partial charge in [0.1, 0.15) is 18.0 Å². The molecule has 1 N–H and O–H groups in total. The Bertz CT molecular complexity index is 513. The molecule has 0 atom stereocenters. The third kappa shape index (κ3) is 1.92. The lowest BCUT2D eigenvalue weighted by Gasteiger charge is -2.00. The highest BCUT2D eigenvalue weighted by atomic mass is 16.5. The van der Waals surface area contributed by atoms with E-state index in [1.54, 1.807) is 31.2 Å². The third-order valence-electron chi connectivity index (χ3n) is 2.23. The summed E-state index contributed by atoms with van der Waals surface area (Å²) in [6, 6.07) is 6.74. The van der Waals surface area contributed by atoms with Gasteiger partial charge in [-0.1, -0.05) is 0 Å². The smallest absolute Gasteiger partial charge is 0.338 e. The minimum atomic E-state index is -0.351. The number of carbonyl (C=O) groups is 1. The number of aliphatic hydroxyl groups excluding tert-OH is 1. The maximum Gasteiger partial charge on any atom is 0.338 e. The van der Waals surface area contributed by atoms with Crippen LogP contribution in [0.4, 0.5) is 0 Å². The Morgan fingerprint density at radius 3 is 2.94 bits per heavy atom. The molecule has 0 aliphatic carbocycles. The Morgan fingerprint density at radius 1 is 1.44 bits per heavy atom. The standard InChI is InChI=1S/C12H12O4/c1-2-15-12(14)8-3-4-11-9(5-8)6-10(7-13)16-11/h3-6,13H,2,7H2,1H3. The number of benzene rings is 1. The van der Waals surface area contributed by atoms with E-state index in [9.17, 15) is 4.79 Å². The maximum absolute atomic E-state index is 11.5. The lowest BCUT2D eigenvalue weighted by Crippen LogP contribution is -2.03. The Kier molecular flexibility index (Phi) is 2.92. The zero-order chi connectivity index (χ0) is 11.5. The van der Waals surface area contributed by atoms with Crippen molar-refractivity contribution in [3.63, 3.8) is 0 Å². The van der Waals surface area contributed by atoms with Gasteiger partial charge in [-0.15, -0.1) is 0 Å². The number of ether oxygens (including phenoxy) is 1. The molecule has 84 valence electrons. The number of furan rings is 1. The highest BCUT2D eigenvalue weighted by Gasteiger charge is 2.09. The van der Waals surface area contributed by atoms with Gasteiger partial charge < -0.3 is 14.3 Å². The van der Waals surface area contributed by atoms with Crippen LogP contribution in [-0.2, 0) is 11.3 Å². The maximum atomic E-state index is 11.5. The molecular weight excluding hydrogens is 208 g/mol. The summed E-state index contributed by atoms with van der Waals surface area (Å²) in [6.45, 7) is 1.96. The summed E-state index contributed by atoms with van der Waals surface area (Å²) in [4.78, 5) is 11.5. The van der Waals surface area contributed by atoms with Gasteiger partial charge in [-0.2, -0.15) is 0 Å². The van der Waals surface area contributed by atoms with E-state index in [1.807, 2.05) is 0 Å². The number of hydrogen-bond acceptors (Lipinski definition) is 4. The first kappa shape index (κ1) is 10.7. The van der Waals surface area contributed by atoms with Crippen LogP contribution < -0.4 is 0 Å². The van der Waals surface area contributed by atoms with E-state index in [1.165, 1.54) is 0 Å². The largest absolute Gasteiger partial charge is 0.462 e. The number of hydrogen-bond donors (Lipinski definition) is 1. The van der Waals surface area contributed by atoms with Crippen LogP contribution in [0.25, 0.3) is 11.0 Å². The van der Waals surface area contributed by atoms with Crippen molar-refractivity contribution in [2.24, 2.45) is 0 Å². The first-order chi connectivity index (χ1) is 7.74. The van der Waals surface area contributed by atoms with Crippen LogP contribution in [0.3, 0.4) is 0 Å². The molecule has 0 radical (unpaired) electrons. The summed E-state index contributed by atoms with van der Waals surface area (Å²) in [5.74, 6) is 0.132. The zero-order valence-corrected chi connectivity index (χ0v) is 8.90. The van der Waals surface area contributed by atoms with Crippen molar-refractivity contribution in [2.45, 2.75) is 13.5 Å². The summed E-state index contributed by atoms with van der Waals surface area (Å²) in [7, 11) is 0. The van der Waals surface area contributed by atoms with Crippen molar-refractivity contribution >= 4 is 16.9 Å². The van der Waals surface area contributed by atoms with E-state index in [0.29, 0.717) is 23.5 Å². The molecule has 4 heteroatoms.